The lowest BCUT2D eigenvalue weighted by Crippen LogP contribution is -2.46. The lowest BCUT2D eigenvalue weighted by Gasteiger charge is -2.34. The smallest absolute Gasteiger partial charge is 0.126 e. The highest BCUT2D eigenvalue weighted by molar-refractivity contribution is 7.22. The Morgan fingerprint density at radius 1 is 1.05 bits per heavy atom. The quantitative estimate of drug-likeness (QED) is 0.281. The molecule has 3 N–H and O–H groups in total. The van der Waals surface area contributed by atoms with Gasteiger partial charge in [0.2, 0.25) is 0 Å². The molecule has 2 aromatic carbocycles. The van der Waals surface area contributed by atoms with Gasteiger partial charge >= 0.3 is 0 Å². The second-order valence-electron chi connectivity index (χ2n) is 9.43. The Morgan fingerprint density at radius 3 is 2.76 bits per heavy atom. The minimum absolute atomic E-state index is 0.224. The van der Waals surface area contributed by atoms with Gasteiger partial charge in [0, 0.05) is 78.5 Å². The van der Waals surface area contributed by atoms with Crippen molar-refractivity contribution in [3.8, 4) is 16.5 Å². The van der Waals surface area contributed by atoms with Gasteiger partial charge in [0.05, 0.1) is 17.9 Å². The van der Waals surface area contributed by atoms with Crippen molar-refractivity contribution in [2.45, 2.75) is 6.54 Å². The Kier molecular flexibility index (Phi) is 6.60. The lowest BCUT2D eigenvalue weighted by molar-refractivity contribution is 0.108. The maximum absolute atomic E-state index is 9.81. The predicted molar refractivity (Wildman–Crippen MR) is 150 cm³/mol. The number of H-pyrrole nitrogens is 1. The Bertz CT molecular complexity index is 1590. The molecule has 4 heterocycles. The number of aliphatic hydroxyl groups is 1. The van der Waals surface area contributed by atoms with Gasteiger partial charge in [0.1, 0.15) is 10.9 Å². The van der Waals surface area contributed by atoms with E-state index in [1.807, 2.05) is 24.4 Å². The van der Waals surface area contributed by atoms with Crippen LogP contribution in [0.4, 0.5) is 11.4 Å². The number of β-amino-alcohol motifs (C(OH)–C–C–N with tert-alkyl or cyclic N) is 1. The fraction of sp³-hybridized carbons (Fsp3) is 0.241. The van der Waals surface area contributed by atoms with Gasteiger partial charge in [-0.2, -0.15) is 5.26 Å². The normalized spacial score (nSPS) is 14.8. The molecule has 3 aromatic heterocycles. The molecule has 0 unspecified atom stereocenters. The lowest BCUT2D eigenvalue weighted by atomic mass is 10.1. The van der Waals surface area contributed by atoms with E-state index in [-0.39, 0.29) is 6.61 Å². The number of nitrogens with one attached hydrogen (secondary N) is 2. The number of hydrogen-bond donors (Lipinski definition) is 3. The summed E-state index contributed by atoms with van der Waals surface area (Å²) in [5.41, 5.74) is 5.79. The van der Waals surface area contributed by atoms with Crippen LogP contribution < -0.4 is 5.32 Å². The largest absolute Gasteiger partial charge is 0.395 e. The summed E-state index contributed by atoms with van der Waals surface area (Å²) in [7, 11) is 0. The second kappa shape index (κ2) is 10.3. The molecule has 1 aliphatic heterocycles. The van der Waals surface area contributed by atoms with Gasteiger partial charge in [-0.15, -0.1) is 11.3 Å². The Balaban J connectivity index is 1.27. The molecule has 0 saturated carbocycles. The van der Waals surface area contributed by atoms with Crippen LogP contribution in [0.2, 0.25) is 0 Å². The van der Waals surface area contributed by atoms with Crippen LogP contribution in [0, 0.1) is 11.3 Å². The first-order valence-corrected chi connectivity index (χ1v) is 13.3. The number of benzene rings is 2. The summed E-state index contributed by atoms with van der Waals surface area (Å²) in [5.74, 6) is 0. The summed E-state index contributed by atoms with van der Waals surface area (Å²) in [4.78, 5) is 14.7. The highest BCUT2D eigenvalue weighted by Crippen LogP contribution is 2.39. The van der Waals surface area contributed by atoms with E-state index in [1.54, 1.807) is 17.5 Å². The van der Waals surface area contributed by atoms with Gasteiger partial charge in [-0.25, -0.2) is 4.98 Å². The third-order valence-corrected chi connectivity index (χ3v) is 8.10. The number of nitrogens with zero attached hydrogens (tertiary/aromatic N) is 4. The molecule has 186 valence electrons. The van der Waals surface area contributed by atoms with Crippen molar-refractivity contribution in [2.75, 3.05) is 44.6 Å². The van der Waals surface area contributed by atoms with Gasteiger partial charge in [0.15, 0.2) is 0 Å². The van der Waals surface area contributed by atoms with Crippen molar-refractivity contribution in [3.63, 3.8) is 0 Å². The number of thiophene rings is 1. The van der Waals surface area contributed by atoms with Gasteiger partial charge in [-0.1, -0.05) is 18.2 Å². The highest BCUT2D eigenvalue weighted by Gasteiger charge is 2.18. The molecule has 0 bridgehead atoms. The zero-order valence-corrected chi connectivity index (χ0v) is 21.3. The Hall–Kier alpha value is -3.74. The molecule has 8 heteroatoms. The van der Waals surface area contributed by atoms with Crippen LogP contribution in [-0.4, -0.2) is 64.2 Å². The molecule has 0 amide bonds. The Labute approximate surface area is 219 Å². The minimum Gasteiger partial charge on any atom is -0.395 e. The molecule has 37 heavy (non-hydrogen) atoms. The molecule has 0 spiro atoms. The first-order chi connectivity index (χ1) is 18.2. The highest BCUT2D eigenvalue weighted by atomic mass is 32.1. The summed E-state index contributed by atoms with van der Waals surface area (Å²) in [6.45, 7) is 5.91. The molecule has 5 aromatic rings. The number of hydrogen-bond acceptors (Lipinski definition) is 7. The first-order valence-electron chi connectivity index (χ1n) is 12.5. The molecule has 0 atom stereocenters. The second-order valence-corrected chi connectivity index (χ2v) is 10.5. The topological polar surface area (TPSA) is 91.2 Å². The van der Waals surface area contributed by atoms with Crippen LogP contribution in [-0.2, 0) is 6.54 Å². The number of aliphatic hydroxyl groups excluding tert-OH is 1. The van der Waals surface area contributed by atoms with Gasteiger partial charge in [-0.3, -0.25) is 9.80 Å². The summed E-state index contributed by atoms with van der Waals surface area (Å²) < 4.78 is 0. The molecule has 0 radical (unpaired) electrons. The van der Waals surface area contributed by atoms with Crippen LogP contribution >= 0.6 is 11.3 Å². The van der Waals surface area contributed by atoms with E-state index in [0.29, 0.717) is 5.56 Å². The molecule has 6 rings (SSSR count). The molecule has 1 fully saturated rings. The van der Waals surface area contributed by atoms with Crippen LogP contribution in [0.25, 0.3) is 31.6 Å². The van der Waals surface area contributed by atoms with Crippen LogP contribution in [0.1, 0.15) is 11.1 Å². The van der Waals surface area contributed by atoms with E-state index in [1.165, 1.54) is 5.56 Å². The van der Waals surface area contributed by atoms with Crippen molar-refractivity contribution in [1.82, 2.24) is 19.8 Å². The van der Waals surface area contributed by atoms with Crippen molar-refractivity contribution >= 4 is 43.8 Å². The van der Waals surface area contributed by atoms with Gasteiger partial charge in [0.25, 0.3) is 0 Å². The van der Waals surface area contributed by atoms with E-state index >= 15 is 0 Å². The summed E-state index contributed by atoms with van der Waals surface area (Å²) in [6, 6.07) is 21.4. The monoisotopic (exact) mass is 508 g/mol. The fourth-order valence-corrected chi connectivity index (χ4v) is 6.03. The minimum atomic E-state index is 0.224. The Morgan fingerprint density at radius 2 is 1.92 bits per heavy atom. The van der Waals surface area contributed by atoms with E-state index in [9.17, 15) is 10.4 Å². The molecular weight excluding hydrogens is 480 g/mol. The number of rotatable bonds is 7. The SMILES string of the molecule is N#Cc1cnc2sc(-c3cccc(CN4CCN(CCO)CC4)c3)cc2c1Nc1ccc2[nH]ccc2c1. The fourth-order valence-electron chi connectivity index (χ4n) is 5.02. The zero-order chi connectivity index (χ0) is 25.2. The average molecular weight is 509 g/mol. The number of nitriles is 1. The number of pyridine rings is 1. The van der Waals surface area contributed by atoms with Gasteiger partial charge < -0.3 is 15.4 Å². The standard InChI is InChI=1S/C29H28N6OS/c30-17-23-18-32-29-25(28(23)33-24-4-5-26-21(15-24)6-7-31-26)16-27(37-29)22-3-1-2-20(14-22)19-35-10-8-34(9-11-35)12-13-36/h1-7,14-16,18,31,36H,8-13,19H2,(H,32,33). The summed E-state index contributed by atoms with van der Waals surface area (Å²) >= 11 is 1.65. The first kappa shape index (κ1) is 23.6. The summed E-state index contributed by atoms with van der Waals surface area (Å²) in [5, 5.41) is 24.6. The molecule has 1 saturated heterocycles. The number of aromatic nitrogens is 2. The van der Waals surface area contributed by atoms with Crippen LogP contribution in [0.15, 0.2) is 67.0 Å². The maximum Gasteiger partial charge on any atom is 0.126 e. The van der Waals surface area contributed by atoms with E-state index in [0.717, 1.165) is 82.2 Å². The molecule has 7 nitrogen and oxygen atoms in total. The molecule has 0 aliphatic carbocycles. The van der Waals surface area contributed by atoms with Crippen LogP contribution in [0.3, 0.4) is 0 Å². The number of piperazine rings is 1. The average Bonchev–Trinajstić information content (AvgIpc) is 3.57. The molecular formula is C29H28N6OS. The maximum atomic E-state index is 9.81. The van der Waals surface area contributed by atoms with Crippen molar-refractivity contribution in [1.29, 1.82) is 5.26 Å². The third-order valence-electron chi connectivity index (χ3n) is 7.00. The van der Waals surface area contributed by atoms with Crippen LogP contribution in [0.5, 0.6) is 0 Å². The predicted octanol–water partition coefficient (Wildman–Crippen LogP) is 5.17. The van der Waals surface area contributed by atoms with Crippen molar-refractivity contribution in [3.05, 3.63) is 78.1 Å². The van der Waals surface area contributed by atoms with E-state index in [4.69, 9.17) is 0 Å². The van der Waals surface area contributed by atoms with Gasteiger partial charge in [-0.05, 0) is 47.5 Å². The van der Waals surface area contributed by atoms with E-state index in [2.05, 4.69) is 67.6 Å². The van der Waals surface area contributed by atoms with Crippen molar-refractivity contribution < 1.29 is 5.11 Å². The van der Waals surface area contributed by atoms with E-state index < -0.39 is 0 Å². The number of fused-ring (bicyclic) bond motifs is 2. The van der Waals surface area contributed by atoms with Crippen molar-refractivity contribution in [2.24, 2.45) is 0 Å². The number of anilines is 2. The summed E-state index contributed by atoms with van der Waals surface area (Å²) in [6.07, 6.45) is 3.59. The zero-order valence-electron chi connectivity index (χ0n) is 20.4. The third kappa shape index (κ3) is 4.95. The molecule has 1 aliphatic rings. The number of aromatic amines is 1.